The summed E-state index contributed by atoms with van der Waals surface area (Å²) in [4.78, 5) is 4.44. The first-order valence-corrected chi connectivity index (χ1v) is 16.4. The highest BCUT2D eigenvalue weighted by molar-refractivity contribution is 7.91. The van der Waals surface area contributed by atoms with Crippen molar-refractivity contribution in [2.75, 3.05) is 23.7 Å². The third-order valence-electron chi connectivity index (χ3n) is 8.28. The molecule has 3 heterocycles. The van der Waals surface area contributed by atoms with Gasteiger partial charge in [-0.05, 0) is 61.8 Å². The molecule has 1 aliphatic heterocycles. The molecule has 2 fully saturated rings. The predicted molar refractivity (Wildman–Crippen MR) is 163 cm³/mol. The zero-order valence-corrected chi connectivity index (χ0v) is 25.2. The third-order valence-corrected chi connectivity index (χ3v) is 9.87. The first kappa shape index (κ1) is 29.7. The number of ether oxygens (including phenoxy) is 1. The normalized spacial score (nSPS) is 19.4. The van der Waals surface area contributed by atoms with Crippen LogP contribution in [0.2, 0.25) is 5.02 Å². The van der Waals surface area contributed by atoms with Gasteiger partial charge in [-0.15, -0.1) is 0 Å². The van der Waals surface area contributed by atoms with Gasteiger partial charge in [0.2, 0.25) is 10.0 Å². The maximum Gasteiger partial charge on any atom is 0.237 e. The molecule has 2 aromatic carbocycles. The SMILES string of the molecule is CCn1nc(-c2cc(F)c(NS(=O)(=O)Cc3ccccc3Cl)cc2F)c2c(N)ncc([C@H]3CC[C@H](NC4COC4)CC3)c21. The summed E-state index contributed by atoms with van der Waals surface area (Å²) < 4.78 is 65.7. The van der Waals surface area contributed by atoms with E-state index in [-0.39, 0.29) is 28.0 Å². The molecule has 0 bridgehead atoms. The number of sulfonamides is 1. The molecule has 43 heavy (non-hydrogen) atoms. The van der Waals surface area contributed by atoms with Gasteiger partial charge in [0.25, 0.3) is 0 Å². The van der Waals surface area contributed by atoms with Gasteiger partial charge >= 0.3 is 0 Å². The molecule has 0 radical (unpaired) electrons. The number of halogens is 3. The number of pyridine rings is 1. The number of hydrogen-bond acceptors (Lipinski definition) is 7. The molecule has 4 N–H and O–H groups in total. The van der Waals surface area contributed by atoms with E-state index in [1.54, 1.807) is 35.1 Å². The molecule has 9 nitrogen and oxygen atoms in total. The van der Waals surface area contributed by atoms with Crippen LogP contribution in [-0.2, 0) is 27.1 Å². The van der Waals surface area contributed by atoms with Crippen LogP contribution in [0.15, 0.2) is 42.6 Å². The van der Waals surface area contributed by atoms with E-state index in [1.165, 1.54) is 0 Å². The van der Waals surface area contributed by atoms with Gasteiger partial charge in [0.15, 0.2) is 0 Å². The van der Waals surface area contributed by atoms with E-state index in [0.717, 1.165) is 62.1 Å². The minimum atomic E-state index is -4.10. The largest absolute Gasteiger partial charge is 0.383 e. The molecule has 4 aromatic rings. The van der Waals surface area contributed by atoms with E-state index in [1.807, 2.05) is 6.92 Å². The van der Waals surface area contributed by atoms with E-state index in [9.17, 15) is 8.42 Å². The van der Waals surface area contributed by atoms with E-state index in [2.05, 4.69) is 20.1 Å². The fourth-order valence-corrected chi connectivity index (χ4v) is 7.55. The molecule has 1 saturated carbocycles. The first-order chi connectivity index (χ1) is 20.6. The van der Waals surface area contributed by atoms with Crippen molar-refractivity contribution < 1.29 is 21.9 Å². The number of aromatic nitrogens is 3. The highest BCUT2D eigenvalue weighted by Gasteiger charge is 2.30. The summed E-state index contributed by atoms with van der Waals surface area (Å²) in [5, 5.41) is 9.02. The smallest absolute Gasteiger partial charge is 0.237 e. The van der Waals surface area contributed by atoms with Gasteiger partial charge in [0, 0.05) is 35.4 Å². The Balaban J connectivity index is 1.30. The highest BCUT2D eigenvalue weighted by atomic mass is 35.5. The van der Waals surface area contributed by atoms with Gasteiger partial charge in [-0.2, -0.15) is 5.10 Å². The van der Waals surface area contributed by atoms with Gasteiger partial charge < -0.3 is 15.8 Å². The van der Waals surface area contributed by atoms with Crippen LogP contribution in [-0.4, -0.2) is 48.5 Å². The van der Waals surface area contributed by atoms with Gasteiger partial charge in [0.05, 0.1) is 41.6 Å². The number of anilines is 2. The summed E-state index contributed by atoms with van der Waals surface area (Å²) in [5.41, 5.74) is 7.93. The first-order valence-electron chi connectivity index (χ1n) is 14.4. The third kappa shape index (κ3) is 6.06. The molecule has 2 aromatic heterocycles. The summed E-state index contributed by atoms with van der Waals surface area (Å²) in [7, 11) is -4.10. The van der Waals surface area contributed by atoms with E-state index in [4.69, 9.17) is 22.1 Å². The molecular formula is C30H33ClF2N6O3S. The van der Waals surface area contributed by atoms with Crippen molar-refractivity contribution >= 4 is 44.0 Å². The lowest BCUT2D eigenvalue weighted by molar-refractivity contribution is -0.0121. The fraction of sp³-hybridized carbons (Fsp3) is 0.400. The molecule has 0 unspecified atom stereocenters. The van der Waals surface area contributed by atoms with Crippen LogP contribution in [0.3, 0.4) is 0 Å². The number of benzene rings is 2. The van der Waals surface area contributed by atoms with E-state index < -0.39 is 33.1 Å². The van der Waals surface area contributed by atoms with Crippen LogP contribution in [0.5, 0.6) is 0 Å². The van der Waals surface area contributed by atoms with Crippen LogP contribution < -0.4 is 15.8 Å². The summed E-state index contributed by atoms with van der Waals surface area (Å²) in [5.74, 6) is -1.92. The maximum absolute atomic E-state index is 15.6. The topological polar surface area (TPSA) is 124 Å². The van der Waals surface area contributed by atoms with Gasteiger partial charge in [-0.25, -0.2) is 22.2 Å². The molecule has 2 aliphatic rings. The number of hydrogen-bond donors (Lipinski definition) is 3. The van der Waals surface area contributed by atoms with Crippen molar-refractivity contribution in [3.8, 4) is 11.3 Å². The Morgan fingerprint density at radius 3 is 2.51 bits per heavy atom. The lowest BCUT2D eigenvalue weighted by atomic mass is 9.81. The number of aryl methyl sites for hydroxylation is 1. The van der Waals surface area contributed by atoms with Crippen molar-refractivity contribution in [2.45, 2.75) is 62.9 Å². The molecular weight excluding hydrogens is 598 g/mol. The second-order valence-corrected chi connectivity index (χ2v) is 13.3. The fourth-order valence-electron chi connectivity index (χ4n) is 6.05. The summed E-state index contributed by atoms with van der Waals surface area (Å²) >= 11 is 6.09. The molecule has 0 spiro atoms. The number of nitrogens with two attached hydrogens (primary N) is 1. The van der Waals surface area contributed by atoms with Crippen LogP contribution in [0.1, 0.15) is 49.7 Å². The number of nitrogens with one attached hydrogen (secondary N) is 2. The van der Waals surface area contributed by atoms with Crippen molar-refractivity contribution in [3.63, 3.8) is 0 Å². The molecule has 6 rings (SSSR count). The van der Waals surface area contributed by atoms with Crippen molar-refractivity contribution in [2.24, 2.45) is 0 Å². The highest BCUT2D eigenvalue weighted by Crippen LogP contribution is 2.41. The Morgan fingerprint density at radius 2 is 1.84 bits per heavy atom. The molecule has 13 heteroatoms. The van der Waals surface area contributed by atoms with E-state index >= 15 is 8.78 Å². The zero-order valence-electron chi connectivity index (χ0n) is 23.6. The molecule has 0 atom stereocenters. The Bertz CT molecular complexity index is 1770. The number of nitrogen functional groups attached to an aromatic ring is 1. The van der Waals surface area contributed by atoms with E-state index in [0.29, 0.717) is 29.6 Å². The maximum atomic E-state index is 15.6. The van der Waals surface area contributed by atoms with Crippen LogP contribution in [0, 0.1) is 11.6 Å². The molecule has 228 valence electrons. The number of rotatable bonds is 9. The lowest BCUT2D eigenvalue weighted by Crippen LogP contribution is -2.51. The minimum Gasteiger partial charge on any atom is -0.383 e. The Hall–Kier alpha value is -3.32. The lowest BCUT2D eigenvalue weighted by Gasteiger charge is -2.35. The molecule has 0 amide bonds. The van der Waals surface area contributed by atoms with Crippen molar-refractivity contribution in [1.82, 2.24) is 20.1 Å². The molecule has 1 aliphatic carbocycles. The quantitative estimate of drug-likeness (QED) is 0.220. The monoisotopic (exact) mass is 630 g/mol. The second-order valence-electron chi connectivity index (χ2n) is 11.2. The van der Waals surface area contributed by atoms with Crippen molar-refractivity contribution in [1.29, 1.82) is 0 Å². The van der Waals surface area contributed by atoms with Crippen molar-refractivity contribution in [3.05, 3.63) is 70.4 Å². The van der Waals surface area contributed by atoms with Gasteiger partial charge in [-0.3, -0.25) is 9.40 Å². The average molecular weight is 631 g/mol. The Morgan fingerprint density at radius 1 is 1.09 bits per heavy atom. The second kappa shape index (κ2) is 12.0. The predicted octanol–water partition coefficient (Wildman–Crippen LogP) is 5.59. The van der Waals surface area contributed by atoms with Gasteiger partial charge in [-0.1, -0.05) is 29.8 Å². The summed E-state index contributed by atoms with van der Waals surface area (Å²) in [6.45, 7) is 3.92. The number of fused-ring (bicyclic) bond motifs is 1. The molecule has 1 saturated heterocycles. The van der Waals surface area contributed by atoms with Crippen LogP contribution in [0.4, 0.5) is 20.3 Å². The summed E-state index contributed by atoms with van der Waals surface area (Å²) in [6.07, 6.45) is 5.69. The van der Waals surface area contributed by atoms with Gasteiger partial charge in [0.1, 0.15) is 23.1 Å². The number of nitrogens with zero attached hydrogens (tertiary/aromatic N) is 3. The van der Waals surface area contributed by atoms with Crippen LogP contribution >= 0.6 is 11.6 Å². The standard InChI is InChI=1S/C30H33ClF2N6O3S/c1-2-39-29-22(17-7-9-19(10-8-17)36-20-14-42-15-20)13-35-30(34)27(29)28(37-39)21-11-25(33)26(12-24(21)32)38-43(40,41)16-18-5-3-4-6-23(18)31/h3-6,11-13,17,19-20,36,38H,2,7-10,14-16H2,1H3,(H2,34,35)/t17-,19-. The Labute approximate surface area is 253 Å². The zero-order chi connectivity index (χ0) is 30.3. The average Bonchev–Trinajstić information content (AvgIpc) is 3.35. The Kier molecular flexibility index (Phi) is 8.29. The van der Waals surface area contributed by atoms with Crippen LogP contribution in [0.25, 0.3) is 22.2 Å². The summed E-state index contributed by atoms with van der Waals surface area (Å²) in [6, 6.07) is 9.05. The minimum absolute atomic E-state index is 0.134.